The molecule has 220 valence electrons. The average molecular weight is 583 g/mol. The van der Waals surface area contributed by atoms with E-state index in [4.69, 9.17) is 15.6 Å². The second-order valence-electron chi connectivity index (χ2n) is 8.53. The zero-order valence-electron chi connectivity index (χ0n) is 21.5. The number of anilines is 2. The fraction of sp³-hybridized carbons (Fsp3) is 0.462. The van der Waals surface area contributed by atoms with Gasteiger partial charge in [-0.15, -0.1) is 0 Å². The van der Waals surface area contributed by atoms with Gasteiger partial charge in [0.15, 0.2) is 0 Å². The van der Waals surface area contributed by atoms with E-state index in [-0.39, 0.29) is 23.9 Å². The van der Waals surface area contributed by atoms with Gasteiger partial charge in [0.05, 0.1) is 40.8 Å². The van der Waals surface area contributed by atoms with Crippen LogP contribution in [0.2, 0.25) is 0 Å². The molecule has 0 saturated carbocycles. The van der Waals surface area contributed by atoms with Crippen LogP contribution in [0.4, 0.5) is 50.9 Å². The van der Waals surface area contributed by atoms with Crippen molar-refractivity contribution in [3.63, 3.8) is 0 Å². The summed E-state index contributed by atoms with van der Waals surface area (Å²) in [7, 11) is 0. The van der Waals surface area contributed by atoms with Gasteiger partial charge in [0.2, 0.25) is 0 Å². The van der Waals surface area contributed by atoms with Crippen LogP contribution < -0.4 is 10.2 Å². The summed E-state index contributed by atoms with van der Waals surface area (Å²) >= 11 is 0. The number of benzene rings is 2. The number of aliphatic hydroxyl groups is 1. The first-order valence-electron chi connectivity index (χ1n) is 11.9. The van der Waals surface area contributed by atoms with E-state index >= 15 is 0 Å². The molecule has 14 heteroatoms. The molecule has 0 radical (unpaired) electrons. The Balaban J connectivity index is 0.000000402. The molecule has 2 N–H and O–H groups in total. The quantitative estimate of drug-likeness (QED) is 0.299. The Morgan fingerprint density at radius 1 is 0.875 bits per heavy atom. The number of alkyl halides is 9. The highest BCUT2D eigenvalue weighted by atomic mass is 19.4. The topological polar surface area (TPSA) is 83.1 Å². The van der Waals surface area contributed by atoms with E-state index in [9.17, 15) is 39.5 Å². The first kappa shape index (κ1) is 34.4. The summed E-state index contributed by atoms with van der Waals surface area (Å²) in [6.07, 6.45) is -13.6. The van der Waals surface area contributed by atoms with Crippen molar-refractivity contribution in [3.8, 4) is 12.1 Å². The third kappa shape index (κ3) is 10.8. The third-order valence-electron chi connectivity index (χ3n) is 5.62. The molecule has 0 aliphatic heterocycles. The standard InChI is InChI=1S/C15H19F3N2O.C11H8F6N2/c1-3-11(2)20(7-4-8-21)13-6-5-12(10-19)14(9-13)15(16,17)18;12-10(13,14)3-4-19-8-2-1-7(6-18)9(5-8)11(15,16)17/h5-6,9,11,21H,3-4,7-8H2,1-2H3;1-2,5,19H,3-4H2/t11-;/m0./s1. The summed E-state index contributed by atoms with van der Waals surface area (Å²) in [6, 6.07) is 9.41. The molecule has 1 atom stereocenters. The van der Waals surface area contributed by atoms with Gasteiger partial charge < -0.3 is 15.3 Å². The van der Waals surface area contributed by atoms with E-state index in [1.165, 1.54) is 18.2 Å². The molecule has 0 unspecified atom stereocenters. The maximum Gasteiger partial charge on any atom is 0.417 e. The van der Waals surface area contributed by atoms with Crippen molar-refractivity contribution in [1.29, 1.82) is 10.5 Å². The second kappa shape index (κ2) is 14.7. The first-order valence-corrected chi connectivity index (χ1v) is 11.9. The molecule has 2 rings (SSSR count). The predicted molar refractivity (Wildman–Crippen MR) is 130 cm³/mol. The molecule has 0 heterocycles. The van der Waals surface area contributed by atoms with E-state index in [1.807, 2.05) is 18.7 Å². The smallest absolute Gasteiger partial charge is 0.396 e. The number of aliphatic hydroxyl groups excluding tert-OH is 1. The van der Waals surface area contributed by atoms with Crippen LogP contribution in [-0.2, 0) is 12.4 Å². The van der Waals surface area contributed by atoms with Gasteiger partial charge in [-0.1, -0.05) is 6.92 Å². The molecule has 40 heavy (non-hydrogen) atoms. The Bertz CT molecular complexity index is 1180. The summed E-state index contributed by atoms with van der Waals surface area (Å²) in [4.78, 5) is 1.83. The van der Waals surface area contributed by atoms with Crippen LogP contribution in [0.15, 0.2) is 36.4 Å². The zero-order chi connectivity index (χ0) is 30.7. The van der Waals surface area contributed by atoms with E-state index in [0.29, 0.717) is 24.7 Å². The van der Waals surface area contributed by atoms with Gasteiger partial charge in [0.25, 0.3) is 0 Å². The number of hydrogen-bond donors (Lipinski definition) is 2. The van der Waals surface area contributed by atoms with Crippen molar-refractivity contribution in [1.82, 2.24) is 0 Å². The van der Waals surface area contributed by atoms with Gasteiger partial charge in [-0.25, -0.2) is 0 Å². The normalized spacial score (nSPS) is 12.4. The molecule has 0 aromatic heterocycles. The van der Waals surface area contributed by atoms with Crippen molar-refractivity contribution >= 4 is 11.4 Å². The van der Waals surface area contributed by atoms with Crippen molar-refractivity contribution in [2.24, 2.45) is 0 Å². The summed E-state index contributed by atoms with van der Waals surface area (Å²) in [5.41, 5.74) is -2.74. The maximum atomic E-state index is 13.0. The maximum absolute atomic E-state index is 13.0. The van der Waals surface area contributed by atoms with Crippen LogP contribution in [0.5, 0.6) is 0 Å². The lowest BCUT2D eigenvalue weighted by Gasteiger charge is -2.31. The molecule has 0 aliphatic carbocycles. The number of rotatable bonds is 9. The summed E-state index contributed by atoms with van der Waals surface area (Å²) in [5, 5.41) is 28.5. The highest BCUT2D eigenvalue weighted by Crippen LogP contribution is 2.35. The van der Waals surface area contributed by atoms with Gasteiger partial charge in [-0.05, 0) is 56.2 Å². The van der Waals surface area contributed by atoms with Gasteiger partial charge in [-0.2, -0.15) is 50.0 Å². The van der Waals surface area contributed by atoms with E-state index in [1.54, 1.807) is 6.07 Å². The molecule has 0 saturated heterocycles. The Morgan fingerprint density at radius 2 is 1.40 bits per heavy atom. The Hall–Kier alpha value is -3.65. The van der Waals surface area contributed by atoms with Gasteiger partial charge in [0, 0.05) is 37.1 Å². The molecule has 0 spiro atoms. The molecule has 0 bridgehead atoms. The fourth-order valence-corrected chi connectivity index (χ4v) is 3.44. The molecule has 0 aliphatic rings. The Kier molecular flexibility index (Phi) is 12.6. The van der Waals surface area contributed by atoms with Crippen LogP contribution in [0.25, 0.3) is 0 Å². The van der Waals surface area contributed by atoms with Gasteiger partial charge in [-0.3, -0.25) is 0 Å². The van der Waals surface area contributed by atoms with Crippen molar-refractivity contribution < 1.29 is 44.6 Å². The van der Waals surface area contributed by atoms with E-state index < -0.39 is 48.2 Å². The molecular formula is C26H27F9N4O. The minimum atomic E-state index is -4.73. The largest absolute Gasteiger partial charge is 0.417 e. The lowest BCUT2D eigenvalue weighted by atomic mass is 10.1. The summed E-state index contributed by atoms with van der Waals surface area (Å²) in [6.45, 7) is 3.78. The van der Waals surface area contributed by atoms with Crippen molar-refractivity contribution in [2.75, 3.05) is 29.9 Å². The summed E-state index contributed by atoms with van der Waals surface area (Å²) in [5.74, 6) is 0. The molecule has 5 nitrogen and oxygen atoms in total. The summed E-state index contributed by atoms with van der Waals surface area (Å²) < 4.78 is 112. The van der Waals surface area contributed by atoms with Crippen LogP contribution in [0.3, 0.4) is 0 Å². The van der Waals surface area contributed by atoms with Gasteiger partial charge in [0.1, 0.15) is 0 Å². The fourth-order valence-electron chi connectivity index (χ4n) is 3.44. The molecule has 2 aromatic carbocycles. The lowest BCUT2D eigenvalue weighted by Crippen LogP contribution is -2.34. The number of nitrogens with one attached hydrogen (secondary N) is 1. The van der Waals surface area contributed by atoms with Gasteiger partial charge >= 0.3 is 18.5 Å². The number of hydrogen-bond acceptors (Lipinski definition) is 5. The Labute approximate surface area is 225 Å². The molecule has 0 fully saturated rings. The minimum Gasteiger partial charge on any atom is -0.396 e. The zero-order valence-corrected chi connectivity index (χ0v) is 21.5. The van der Waals surface area contributed by atoms with Crippen LogP contribution in [0.1, 0.15) is 55.4 Å². The highest BCUT2D eigenvalue weighted by Gasteiger charge is 2.35. The SMILES string of the molecule is CC[C@H](C)N(CCCO)c1ccc(C#N)c(C(F)(F)F)c1.N#Cc1ccc(NCCC(F)(F)F)cc1C(F)(F)F. The predicted octanol–water partition coefficient (Wildman–Crippen LogP) is 7.51. The lowest BCUT2D eigenvalue weighted by molar-refractivity contribution is -0.138. The monoisotopic (exact) mass is 582 g/mol. The highest BCUT2D eigenvalue weighted by molar-refractivity contribution is 5.55. The Morgan fingerprint density at radius 3 is 1.85 bits per heavy atom. The molecular weight excluding hydrogens is 555 g/mol. The van der Waals surface area contributed by atoms with Crippen LogP contribution in [-0.4, -0.2) is 37.0 Å². The second-order valence-corrected chi connectivity index (χ2v) is 8.53. The number of nitriles is 2. The third-order valence-corrected chi connectivity index (χ3v) is 5.62. The van der Waals surface area contributed by atoms with Crippen molar-refractivity contribution in [2.45, 2.75) is 57.7 Å². The van der Waals surface area contributed by atoms with E-state index in [0.717, 1.165) is 24.6 Å². The van der Waals surface area contributed by atoms with Crippen LogP contribution >= 0.6 is 0 Å². The molecule has 2 aromatic rings. The minimum absolute atomic E-state index is 0.0185. The first-order chi connectivity index (χ1) is 18.5. The average Bonchev–Trinajstić information content (AvgIpc) is 2.87. The molecule has 0 amide bonds. The van der Waals surface area contributed by atoms with E-state index in [2.05, 4.69) is 5.32 Å². The number of halogens is 9. The van der Waals surface area contributed by atoms with Crippen LogP contribution in [0, 0.1) is 22.7 Å². The van der Waals surface area contributed by atoms with Crippen molar-refractivity contribution in [3.05, 3.63) is 58.7 Å². The number of nitrogens with zero attached hydrogens (tertiary/aromatic N) is 3.